The molecule has 0 radical (unpaired) electrons. The van der Waals surface area contributed by atoms with Crippen LogP contribution < -0.4 is 15.1 Å². The first kappa shape index (κ1) is 21.4. The zero-order valence-electron chi connectivity index (χ0n) is 18.2. The Labute approximate surface area is 190 Å². The van der Waals surface area contributed by atoms with Gasteiger partial charge in [-0.05, 0) is 36.6 Å². The first-order valence-corrected chi connectivity index (χ1v) is 11.2. The molecule has 0 atom stereocenters. The molecule has 10 nitrogen and oxygen atoms in total. The lowest BCUT2D eigenvalue weighted by Gasteiger charge is -2.35. The van der Waals surface area contributed by atoms with Crippen molar-refractivity contribution in [2.75, 3.05) is 54.6 Å². The van der Waals surface area contributed by atoms with E-state index in [1.165, 1.54) is 6.20 Å². The van der Waals surface area contributed by atoms with E-state index in [-0.39, 0.29) is 18.4 Å². The zero-order valence-corrected chi connectivity index (χ0v) is 18.2. The number of morpholine rings is 1. The summed E-state index contributed by atoms with van der Waals surface area (Å²) in [4.78, 5) is 34.0. The largest absolute Gasteiger partial charge is 0.396 e. The lowest BCUT2D eigenvalue weighted by Crippen LogP contribution is -2.39. The number of hydrogen-bond acceptors (Lipinski definition) is 7. The van der Waals surface area contributed by atoms with E-state index in [1.807, 2.05) is 12.1 Å². The van der Waals surface area contributed by atoms with Gasteiger partial charge in [-0.1, -0.05) is 0 Å². The van der Waals surface area contributed by atoms with Crippen LogP contribution in [0.4, 0.5) is 17.1 Å². The molecule has 2 N–H and O–H groups in total. The number of aliphatic hydroxyl groups excluding tert-OH is 1. The normalized spacial score (nSPS) is 16.2. The summed E-state index contributed by atoms with van der Waals surface area (Å²) in [6.07, 6.45) is 6.41. The van der Waals surface area contributed by atoms with Crippen molar-refractivity contribution < 1.29 is 19.4 Å². The molecule has 4 heterocycles. The number of nitrogens with one attached hydrogen (secondary N) is 1. The van der Waals surface area contributed by atoms with E-state index in [1.54, 1.807) is 27.9 Å². The van der Waals surface area contributed by atoms with Crippen molar-refractivity contribution >= 4 is 34.5 Å². The van der Waals surface area contributed by atoms with Crippen LogP contribution in [-0.2, 0) is 16.0 Å². The van der Waals surface area contributed by atoms with Gasteiger partial charge in [0.2, 0.25) is 5.91 Å². The maximum Gasteiger partial charge on any atom is 0.261 e. The number of aromatic nitrogens is 3. The summed E-state index contributed by atoms with van der Waals surface area (Å²) in [5.41, 5.74) is 4.25. The Kier molecular flexibility index (Phi) is 5.93. The molecule has 0 spiro atoms. The fourth-order valence-corrected chi connectivity index (χ4v) is 4.40. The molecule has 33 heavy (non-hydrogen) atoms. The van der Waals surface area contributed by atoms with Gasteiger partial charge in [0.15, 0.2) is 5.65 Å². The summed E-state index contributed by atoms with van der Waals surface area (Å²) < 4.78 is 7.08. The second kappa shape index (κ2) is 9.16. The minimum atomic E-state index is -0.290. The van der Waals surface area contributed by atoms with Crippen LogP contribution in [0.3, 0.4) is 0 Å². The van der Waals surface area contributed by atoms with E-state index in [4.69, 9.17) is 4.74 Å². The van der Waals surface area contributed by atoms with Crippen molar-refractivity contribution in [1.82, 2.24) is 14.6 Å². The van der Waals surface area contributed by atoms with Gasteiger partial charge >= 0.3 is 0 Å². The molecule has 1 saturated heterocycles. The summed E-state index contributed by atoms with van der Waals surface area (Å²) in [5.74, 6) is -0.236. The molecule has 3 aromatic rings. The van der Waals surface area contributed by atoms with Crippen molar-refractivity contribution in [1.29, 1.82) is 0 Å². The maximum atomic E-state index is 13.2. The van der Waals surface area contributed by atoms with E-state index in [9.17, 15) is 14.7 Å². The van der Waals surface area contributed by atoms with Crippen LogP contribution in [0.25, 0.3) is 5.65 Å². The third-order valence-corrected chi connectivity index (χ3v) is 6.06. The van der Waals surface area contributed by atoms with E-state index in [0.717, 1.165) is 16.9 Å². The number of anilines is 3. The van der Waals surface area contributed by atoms with Crippen LogP contribution in [0.1, 0.15) is 28.8 Å². The van der Waals surface area contributed by atoms with Gasteiger partial charge in [0.05, 0.1) is 30.8 Å². The van der Waals surface area contributed by atoms with Gasteiger partial charge in [-0.25, -0.2) is 9.50 Å². The SMILES string of the molecule is O=C(Nc1cc2c(cc1N1CCOCC1)N(CCCO)C(=O)CC2)c1cnn2cccnc12. The molecule has 0 bridgehead atoms. The van der Waals surface area contributed by atoms with E-state index >= 15 is 0 Å². The van der Waals surface area contributed by atoms with Crippen molar-refractivity contribution in [2.24, 2.45) is 0 Å². The zero-order chi connectivity index (χ0) is 22.8. The average Bonchev–Trinajstić information content (AvgIpc) is 3.28. The Morgan fingerprint density at radius 2 is 2.03 bits per heavy atom. The van der Waals surface area contributed by atoms with Gasteiger partial charge in [0, 0.05) is 50.7 Å². The van der Waals surface area contributed by atoms with Gasteiger partial charge in [-0.15, -0.1) is 0 Å². The number of aryl methyl sites for hydroxylation is 1. The van der Waals surface area contributed by atoms with Gasteiger partial charge in [0.1, 0.15) is 5.56 Å². The number of amides is 2. The van der Waals surface area contributed by atoms with Crippen molar-refractivity contribution in [3.8, 4) is 0 Å². The molecular formula is C23H26N6O4. The second-order valence-electron chi connectivity index (χ2n) is 8.12. The third kappa shape index (κ3) is 4.14. The highest BCUT2D eigenvalue weighted by Crippen LogP contribution is 2.38. The molecule has 0 unspecified atom stereocenters. The Balaban J connectivity index is 1.53. The van der Waals surface area contributed by atoms with Crippen molar-refractivity contribution in [3.63, 3.8) is 0 Å². The van der Waals surface area contributed by atoms with E-state index in [0.29, 0.717) is 69.0 Å². The first-order chi connectivity index (χ1) is 16.2. The highest BCUT2D eigenvalue weighted by Gasteiger charge is 2.28. The number of ether oxygens (including phenoxy) is 1. The van der Waals surface area contributed by atoms with E-state index in [2.05, 4.69) is 20.3 Å². The summed E-state index contributed by atoms with van der Waals surface area (Å²) >= 11 is 0. The molecule has 2 amide bonds. The lowest BCUT2D eigenvalue weighted by molar-refractivity contribution is -0.118. The van der Waals surface area contributed by atoms with Gasteiger partial charge < -0.3 is 25.0 Å². The summed E-state index contributed by atoms with van der Waals surface area (Å²) in [6, 6.07) is 5.71. The fraction of sp³-hybridized carbons (Fsp3) is 0.391. The molecule has 5 rings (SSSR count). The molecular weight excluding hydrogens is 424 g/mol. The molecule has 10 heteroatoms. The summed E-state index contributed by atoms with van der Waals surface area (Å²) in [7, 11) is 0. The Hall–Kier alpha value is -3.50. The van der Waals surface area contributed by atoms with Crippen LogP contribution in [0, 0.1) is 0 Å². The first-order valence-electron chi connectivity index (χ1n) is 11.2. The van der Waals surface area contributed by atoms with Crippen LogP contribution in [0.5, 0.6) is 0 Å². The molecule has 1 fully saturated rings. The molecule has 2 aliphatic heterocycles. The number of nitrogens with zero attached hydrogens (tertiary/aromatic N) is 5. The molecule has 0 aliphatic carbocycles. The van der Waals surface area contributed by atoms with Crippen molar-refractivity contribution in [3.05, 3.63) is 47.9 Å². The number of benzene rings is 1. The van der Waals surface area contributed by atoms with Gasteiger partial charge in [0.25, 0.3) is 5.91 Å². The molecule has 2 aliphatic rings. The highest BCUT2D eigenvalue weighted by atomic mass is 16.5. The second-order valence-corrected chi connectivity index (χ2v) is 8.12. The molecule has 2 aromatic heterocycles. The Morgan fingerprint density at radius 1 is 1.18 bits per heavy atom. The summed E-state index contributed by atoms with van der Waals surface area (Å²) in [6.45, 7) is 3.04. The smallest absolute Gasteiger partial charge is 0.261 e. The van der Waals surface area contributed by atoms with Crippen LogP contribution in [-0.4, -0.2) is 71.0 Å². The van der Waals surface area contributed by atoms with Gasteiger partial charge in [-0.2, -0.15) is 5.10 Å². The third-order valence-electron chi connectivity index (χ3n) is 6.06. The molecule has 172 valence electrons. The number of fused-ring (bicyclic) bond motifs is 2. The topological polar surface area (TPSA) is 112 Å². The van der Waals surface area contributed by atoms with E-state index < -0.39 is 0 Å². The van der Waals surface area contributed by atoms with Crippen LogP contribution >= 0.6 is 0 Å². The van der Waals surface area contributed by atoms with Crippen LogP contribution in [0.15, 0.2) is 36.8 Å². The predicted molar refractivity (Wildman–Crippen MR) is 123 cm³/mol. The average molecular weight is 450 g/mol. The van der Waals surface area contributed by atoms with Gasteiger partial charge in [-0.3, -0.25) is 9.59 Å². The quantitative estimate of drug-likeness (QED) is 0.585. The Bertz CT molecular complexity index is 1190. The van der Waals surface area contributed by atoms with Crippen LogP contribution in [0.2, 0.25) is 0 Å². The minimum absolute atomic E-state index is 0.0251. The molecule has 0 saturated carbocycles. The number of carbonyl (C=O) groups excluding carboxylic acids is 2. The Morgan fingerprint density at radius 3 is 2.85 bits per heavy atom. The number of hydrogen-bond donors (Lipinski definition) is 2. The number of carbonyl (C=O) groups is 2. The summed E-state index contributed by atoms with van der Waals surface area (Å²) in [5, 5.41) is 16.6. The standard InChI is InChI=1S/C23H26N6O4/c30-10-2-6-28-19-14-20(27-8-11-33-12-9-27)18(13-16(19)3-4-21(28)31)26-23(32)17-15-25-29-7-1-5-24-22(17)29/h1,5,7,13-15,30H,2-4,6,8-12H2,(H,26,32). The monoisotopic (exact) mass is 450 g/mol. The number of aliphatic hydroxyl groups is 1. The lowest BCUT2D eigenvalue weighted by atomic mass is 9.98. The predicted octanol–water partition coefficient (Wildman–Crippen LogP) is 1.48. The van der Waals surface area contributed by atoms with Crippen molar-refractivity contribution in [2.45, 2.75) is 19.3 Å². The number of rotatable bonds is 6. The highest BCUT2D eigenvalue weighted by molar-refractivity contribution is 6.10. The maximum absolute atomic E-state index is 13.2. The minimum Gasteiger partial charge on any atom is -0.396 e. The fourth-order valence-electron chi connectivity index (χ4n) is 4.40. The molecule has 1 aromatic carbocycles.